The van der Waals surface area contributed by atoms with Gasteiger partial charge in [-0.25, -0.2) is 0 Å². The van der Waals surface area contributed by atoms with Crippen LogP contribution in [-0.4, -0.2) is 6.85 Å². The summed E-state index contributed by atoms with van der Waals surface area (Å²) >= 11 is 0. The smallest absolute Gasteiger partial charge is 0.333 e. The van der Waals surface area contributed by atoms with Crippen molar-refractivity contribution < 1.29 is 4.42 Å². The highest BCUT2D eigenvalue weighted by molar-refractivity contribution is 6.93. The van der Waals surface area contributed by atoms with Crippen molar-refractivity contribution in [2.24, 2.45) is 0 Å². The average molecular weight is 998 g/mol. The van der Waals surface area contributed by atoms with Gasteiger partial charge in [0.2, 0.25) is 0 Å². The Morgan fingerprint density at radius 2 is 0.896 bits per heavy atom. The Labute approximate surface area is 455 Å². The summed E-state index contributed by atoms with van der Waals surface area (Å²) in [6, 6.07) is 83.7. The highest BCUT2D eigenvalue weighted by Gasteiger charge is 2.46. The third-order valence-corrected chi connectivity index (χ3v) is 16.1. The van der Waals surface area contributed by atoms with E-state index in [1.54, 1.807) is 0 Å². The van der Waals surface area contributed by atoms with Gasteiger partial charge in [0.1, 0.15) is 11.2 Å². The van der Waals surface area contributed by atoms with Gasteiger partial charge in [0.25, 0.3) is 0 Å². The van der Waals surface area contributed by atoms with Gasteiger partial charge in [0, 0.05) is 61.8 Å². The molecule has 3 heterocycles. The number of nitrogens with zero attached hydrogens (tertiary/aromatic N) is 3. The second-order valence-corrected chi connectivity index (χ2v) is 24.3. The van der Waals surface area contributed by atoms with Gasteiger partial charge in [-0.15, -0.1) is 0 Å². The summed E-state index contributed by atoms with van der Waals surface area (Å²) in [5.41, 5.74) is 23.9. The van der Waals surface area contributed by atoms with Crippen molar-refractivity contribution >= 4 is 85.2 Å². The number of anilines is 8. The number of benzene rings is 10. The van der Waals surface area contributed by atoms with Crippen molar-refractivity contribution in [3.8, 4) is 33.4 Å². The monoisotopic (exact) mass is 998 g/mol. The minimum Gasteiger partial charge on any atom is -0.456 e. The number of furan rings is 1. The quantitative estimate of drug-likeness (QED) is 0.148. The van der Waals surface area contributed by atoms with Crippen LogP contribution in [0.4, 0.5) is 45.5 Å². The molecule has 2 aliphatic rings. The minimum atomic E-state index is -0.198. The first-order chi connectivity index (χ1) is 37.1. The van der Waals surface area contributed by atoms with E-state index in [-0.39, 0.29) is 23.1 Å². The van der Waals surface area contributed by atoms with Gasteiger partial charge in [-0.05, 0) is 157 Å². The summed E-state index contributed by atoms with van der Waals surface area (Å²) in [6.45, 7) is 20.6. The lowest BCUT2D eigenvalue weighted by Gasteiger charge is -2.46. The SMILES string of the molecule is CC(C)(C)c1ccc(N2B3c4cc(C(C)(C)C)ccc4N(c4ccc(C(C)(C)C)cc4)c4cc(N(c5cccc(-c6ccccc6)c5)c5cccc(-c6ccccc6)c5)cc(c43)-c3cc4oc5ccccc5c4cc32)cc1. The van der Waals surface area contributed by atoms with Crippen molar-refractivity contribution in [3.63, 3.8) is 0 Å². The molecular weight excluding hydrogens is 934 g/mol. The normalized spacial score (nSPS) is 13.2. The fraction of sp³-hybridized carbons (Fsp3) is 0.167. The average Bonchev–Trinajstić information content (AvgIpc) is 3.97. The molecule has 0 radical (unpaired) electrons. The third-order valence-electron chi connectivity index (χ3n) is 16.1. The predicted octanol–water partition coefficient (Wildman–Crippen LogP) is 19.0. The maximum atomic E-state index is 6.85. The molecule has 2 aliphatic heterocycles. The lowest BCUT2D eigenvalue weighted by molar-refractivity contribution is 0.590. The zero-order chi connectivity index (χ0) is 53.0. The molecule has 0 saturated heterocycles. The molecule has 0 saturated carbocycles. The van der Waals surface area contributed by atoms with Crippen molar-refractivity contribution in [1.29, 1.82) is 0 Å². The molecule has 0 spiro atoms. The fourth-order valence-corrected chi connectivity index (χ4v) is 11.9. The van der Waals surface area contributed by atoms with Crippen LogP contribution in [0.2, 0.25) is 0 Å². The molecule has 0 fully saturated rings. The van der Waals surface area contributed by atoms with Gasteiger partial charge in [-0.1, -0.05) is 202 Å². The van der Waals surface area contributed by atoms with Crippen LogP contribution in [0.15, 0.2) is 229 Å². The Morgan fingerprint density at radius 3 is 1.48 bits per heavy atom. The van der Waals surface area contributed by atoms with Crippen molar-refractivity contribution in [2.75, 3.05) is 14.6 Å². The molecule has 0 N–H and O–H groups in total. The predicted molar refractivity (Wildman–Crippen MR) is 329 cm³/mol. The molecule has 0 amide bonds. The number of para-hydroxylation sites is 1. The molecule has 1 aromatic heterocycles. The summed E-state index contributed by atoms with van der Waals surface area (Å²) < 4.78 is 6.85. The van der Waals surface area contributed by atoms with Crippen LogP contribution in [-0.2, 0) is 16.2 Å². The first-order valence-electron chi connectivity index (χ1n) is 27.3. The molecule has 13 rings (SSSR count). The van der Waals surface area contributed by atoms with E-state index in [0.29, 0.717) is 0 Å². The lowest BCUT2D eigenvalue weighted by Crippen LogP contribution is -2.61. The minimum absolute atomic E-state index is 0.00837. The first kappa shape index (κ1) is 48.1. The molecule has 10 aromatic carbocycles. The zero-order valence-corrected chi connectivity index (χ0v) is 45.7. The highest BCUT2D eigenvalue weighted by atomic mass is 16.3. The number of hydrogen-bond donors (Lipinski definition) is 0. The van der Waals surface area contributed by atoms with Gasteiger partial charge < -0.3 is 19.0 Å². The highest BCUT2D eigenvalue weighted by Crippen LogP contribution is 2.52. The van der Waals surface area contributed by atoms with E-state index in [1.807, 2.05) is 0 Å². The maximum absolute atomic E-state index is 6.85. The summed E-state index contributed by atoms with van der Waals surface area (Å²) in [6.07, 6.45) is 0. The van der Waals surface area contributed by atoms with Crippen LogP contribution in [0.1, 0.15) is 79.0 Å². The van der Waals surface area contributed by atoms with Gasteiger partial charge in [-0.3, -0.25) is 0 Å². The Morgan fingerprint density at radius 1 is 0.364 bits per heavy atom. The third kappa shape index (κ3) is 8.41. The van der Waals surface area contributed by atoms with Crippen LogP contribution >= 0.6 is 0 Å². The van der Waals surface area contributed by atoms with E-state index < -0.39 is 0 Å². The molecule has 11 aromatic rings. The lowest BCUT2D eigenvalue weighted by atomic mass is 9.43. The number of rotatable bonds is 7. The van der Waals surface area contributed by atoms with Crippen LogP contribution < -0.4 is 25.5 Å². The van der Waals surface area contributed by atoms with E-state index in [0.717, 1.165) is 78.4 Å². The fourth-order valence-electron chi connectivity index (χ4n) is 11.9. The van der Waals surface area contributed by atoms with E-state index in [1.165, 1.54) is 50.0 Å². The first-order valence-corrected chi connectivity index (χ1v) is 27.3. The van der Waals surface area contributed by atoms with Crippen LogP contribution in [0, 0.1) is 0 Å². The van der Waals surface area contributed by atoms with E-state index in [4.69, 9.17) is 4.42 Å². The zero-order valence-electron chi connectivity index (χ0n) is 45.7. The largest absolute Gasteiger partial charge is 0.456 e. The Kier molecular flexibility index (Phi) is 11.3. The molecule has 77 heavy (non-hydrogen) atoms. The Balaban J connectivity index is 1.16. The number of hydrogen-bond acceptors (Lipinski definition) is 4. The Hall–Kier alpha value is -8.54. The molecule has 376 valence electrons. The molecule has 0 unspecified atom stereocenters. The van der Waals surface area contributed by atoms with Gasteiger partial charge in [0.15, 0.2) is 0 Å². The molecule has 0 bridgehead atoms. The summed E-state index contributed by atoms with van der Waals surface area (Å²) in [7, 11) is 0. The van der Waals surface area contributed by atoms with Gasteiger partial charge >= 0.3 is 6.85 Å². The second kappa shape index (κ2) is 18.1. The van der Waals surface area contributed by atoms with Crippen molar-refractivity contribution in [2.45, 2.75) is 78.6 Å². The van der Waals surface area contributed by atoms with E-state index in [9.17, 15) is 0 Å². The Bertz CT molecular complexity index is 3960. The maximum Gasteiger partial charge on any atom is 0.333 e. The molecule has 4 nitrogen and oxygen atoms in total. The van der Waals surface area contributed by atoms with Crippen LogP contribution in [0.3, 0.4) is 0 Å². The summed E-state index contributed by atoms with van der Waals surface area (Å²) in [4.78, 5) is 7.67. The summed E-state index contributed by atoms with van der Waals surface area (Å²) in [5, 5.41) is 2.22. The molecule has 0 atom stereocenters. The summed E-state index contributed by atoms with van der Waals surface area (Å²) in [5.74, 6) is 0. The molecular formula is C72H64BN3O. The van der Waals surface area contributed by atoms with Crippen molar-refractivity contribution in [3.05, 3.63) is 241 Å². The molecule has 0 aliphatic carbocycles. The number of fused-ring (bicyclic) bond motifs is 7. The van der Waals surface area contributed by atoms with E-state index in [2.05, 4.69) is 301 Å². The van der Waals surface area contributed by atoms with E-state index >= 15 is 0 Å². The topological polar surface area (TPSA) is 22.9 Å². The van der Waals surface area contributed by atoms with Crippen LogP contribution in [0.5, 0.6) is 0 Å². The van der Waals surface area contributed by atoms with Crippen LogP contribution in [0.25, 0.3) is 55.3 Å². The molecule has 5 heteroatoms. The second-order valence-electron chi connectivity index (χ2n) is 24.3. The standard InChI is InChI=1S/C72H64BN3O/c1-70(2,3)51-30-35-54(36-31-51)75-64-39-34-53(72(7,8)9)42-63(64)73-69-62(60-46-68-61(59-28-16-17-29-67(59)77-68)45-65(60)76(73)55-37-32-52(33-38-55)71(4,5)6)43-58(44-66(69)75)74(56-26-18-24-49(40-56)47-20-12-10-13-21-47)57-27-19-25-50(41-57)48-22-14-11-15-23-48/h10-46H,1-9H3. The van der Waals surface area contributed by atoms with Crippen molar-refractivity contribution in [1.82, 2.24) is 0 Å². The van der Waals surface area contributed by atoms with Gasteiger partial charge in [-0.2, -0.15) is 0 Å². The van der Waals surface area contributed by atoms with Gasteiger partial charge in [0.05, 0.1) is 0 Å².